The minimum Gasteiger partial charge on any atom is -0.380 e. The number of ketones is 1. The van der Waals surface area contributed by atoms with Crippen molar-refractivity contribution in [1.82, 2.24) is 4.90 Å². The van der Waals surface area contributed by atoms with Gasteiger partial charge in [-0.05, 0) is 44.5 Å². The highest BCUT2D eigenvalue weighted by Crippen LogP contribution is 2.55. The van der Waals surface area contributed by atoms with Crippen molar-refractivity contribution in [2.45, 2.75) is 37.3 Å². The Morgan fingerprint density at radius 2 is 2.08 bits per heavy atom. The van der Waals surface area contributed by atoms with Crippen LogP contribution >= 0.6 is 0 Å². The number of benzene rings is 1. The van der Waals surface area contributed by atoms with Crippen molar-refractivity contribution in [3.05, 3.63) is 29.8 Å². The number of hydrogen-bond acceptors (Lipinski definition) is 4. The molecule has 3 heterocycles. The molecule has 1 aromatic carbocycles. The average Bonchev–Trinajstić information content (AvgIpc) is 2.94. The Morgan fingerprint density at radius 3 is 2.96 bits per heavy atom. The molecule has 1 aromatic rings. The lowest BCUT2D eigenvalue weighted by molar-refractivity contribution is -0.144. The molecule has 4 nitrogen and oxygen atoms in total. The predicted octanol–water partition coefficient (Wildman–Crippen LogP) is 2.29. The molecule has 3 fully saturated rings. The van der Waals surface area contributed by atoms with E-state index in [2.05, 4.69) is 48.5 Å². The van der Waals surface area contributed by atoms with Crippen LogP contribution in [-0.4, -0.2) is 49.6 Å². The minimum atomic E-state index is -0.356. The van der Waals surface area contributed by atoms with Gasteiger partial charge < -0.3 is 15.0 Å². The monoisotopic (exact) mass is 326 g/mol. The van der Waals surface area contributed by atoms with Crippen molar-refractivity contribution >= 4 is 11.5 Å². The SMILES string of the molecule is C[C@@H]1OC[C@@H]2[C@H]3CC(=O)[C@@]4(CCN(C)C[C@H]31)c1ccccc1N[C@@H]24. The topological polar surface area (TPSA) is 41.6 Å². The van der Waals surface area contributed by atoms with Gasteiger partial charge in [0.2, 0.25) is 0 Å². The largest absolute Gasteiger partial charge is 0.380 e. The van der Waals surface area contributed by atoms with E-state index < -0.39 is 0 Å². The van der Waals surface area contributed by atoms with Crippen molar-refractivity contribution < 1.29 is 9.53 Å². The number of Topliss-reactive ketones (excluding diaryl/α,β-unsaturated/α-hetero) is 1. The molecule has 0 amide bonds. The second kappa shape index (κ2) is 5.06. The number of para-hydroxylation sites is 1. The van der Waals surface area contributed by atoms with Gasteiger partial charge in [0.15, 0.2) is 0 Å². The Morgan fingerprint density at radius 1 is 1.25 bits per heavy atom. The molecule has 0 aromatic heterocycles. The van der Waals surface area contributed by atoms with E-state index >= 15 is 0 Å². The number of nitrogens with zero attached hydrogens (tertiary/aromatic N) is 1. The zero-order chi connectivity index (χ0) is 16.5. The van der Waals surface area contributed by atoms with Gasteiger partial charge in [-0.1, -0.05) is 18.2 Å². The second-order valence-corrected chi connectivity index (χ2v) is 8.31. The van der Waals surface area contributed by atoms with Crippen molar-refractivity contribution in [2.24, 2.45) is 17.8 Å². The van der Waals surface area contributed by atoms with Crippen LogP contribution in [0.5, 0.6) is 0 Å². The summed E-state index contributed by atoms with van der Waals surface area (Å²) in [6.45, 7) is 4.99. The van der Waals surface area contributed by atoms with Gasteiger partial charge in [0.05, 0.1) is 18.1 Å². The molecule has 1 saturated carbocycles. The van der Waals surface area contributed by atoms with Gasteiger partial charge in [0.1, 0.15) is 5.78 Å². The van der Waals surface area contributed by atoms with Crippen LogP contribution in [0.4, 0.5) is 5.69 Å². The first-order valence-corrected chi connectivity index (χ1v) is 9.31. The highest BCUT2D eigenvalue weighted by Gasteiger charge is 2.62. The summed E-state index contributed by atoms with van der Waals surface area (Å²) < 4.78 is 6.20. The first-order valence-electron chi connectivity index (χ1n) is 9.31. The quantitative estimate of drug-likeness (QED) is 0.794. The molecule has 0 radical (unpaired) electrons. The number of hydrogen-bond donors (Lipinski definition) is 1. The van der Waals surface area contributed by atoms with Gasteiger partial charge >= 0.3 is 0 Å². The van der Waals surface area contributed by atoms with Crippen molar-refractivity contribution in [2.75, 3.05) is 32.1 Å². The van der Waals surface area contributed by atoms with Crippen molar-refractivity contribution in [3.63, 3.8) is 0 Å². The van der Waals surface area contributed by atoms with Crippen LogP contribution in [0.1, 0.15) is 25.3 Å². The van der Waals surface area contributed by atoms with Crippen molar-refractivity contribution in [3.8, 4) is 0 Å². The van der Waals surface area contributed by atoms with Gasteiger partial charge in [0, 0.05) is 36.5 Å². The van der Waals surface area contributed by atoms with Crippen LogP contribution in [0, 0.1) is 17.8 Å². The molecule has 2 bridgehead atoms. The van der Waals surface area contributed by atoms with Crippen LogP contribution in [-0.2, 0) is 14.9 Å². The van der Waals surface area contributed by atoms with Gasteiger partial charge in [0.25, 0.3) is 0 Å². The Bertz CT molecular complexity index is 690. The number of ether oxygens (including phenoxy) is 1. The molecule has 128 valence electrons. The summed E-state index contributed by atoms with van der Waals surface area (Å²) in [7, 11) is 2.20. The maximum absolute atomic E-state index is 13.5. The first kappa shape index (κ1) is 14.9. The van der Waals surface area contributed by atoms with E-state index in [4.69, 9.17) is 4.74 Å². The fourth-order valence-electron chi connectivity index (χ4n) is 6.00. The number of carbonyl (C=O) groups excluding carboxylic acids is 1. The lowest BCUT2D eigenvalue weighted by atomic mass is 9.56. The lowest BCUT2D eigenvalue weighted by Crippen LogP contribution is -2.61. The molecule has 3 aliphatic heterocycles. The van der Waals surface area contributed by atoms with Crippen LogP contribution in [0.15, 0.2) is 24.3 Å². The van der Waals surface area contributed by atoms with Crippen molar-refractivity contribution in [1.29, 1.82) is 0 Å². The molecule has 4 aliphatic rings. The lowest BCUT2D eigenvalue weighted by Gasteiger charge is -2.51. The molecule has 24 heavy (non-hydrogen) atoms. The van der Waals surface area contributed by atoms with E-state index in [0.717, 1.165) is 38.2 Å². The van der Waals surface area contributed by atoms with E-state index in [1.54, 1.807) is 0 Å². The summed E-state index contributed by atoms with van der Waals surface area (Å²) in [5.41, 5.74) is 2.03. The summed E-state index contributed by atoms with van der Waals surface area (Å²) in [5, 5.41) is 3.75. The summed E-state index contributed by atoms with van der Waals surface area (Å²) in [5.74, 6) is 1.80. The standard InChI is InChI=1S/C20H26N2O2/c1-12-14-10-22(2)8-7-20-16-5-3-4-6-17(16)21-19(20)15(11-24-12)13(14)9-18(20)23/h3-6,12-15,19,21H,7-11H2,1-2H3/t12-,13-,14-,15+,19-,20+/m0/s1. The van der Waals surface area contributed by atoms with E-state index in [9.17, 15) is 4.79 Å². The third-order valence-corrected chi connectivity index (χ3v) is 7.26. The molecule has 2 saturated heterocycles. The normalized spacial score (nSPS) is 44.1. The van der Waals surface area contributed by atoms with E-state index in [-0.39, 0.29) is 17.6 Å². The molecule has 0 unspecified atom stereocenters. The number of nitrogens with one attached hydrogen (secondary N) is 1. The number of fused-ring (bicyclic) bond motifs is 3. The van der Waals surface area contributed by atoms with Crippen LogP contribution < -0.4 is 5.32 Å². The minimum absolute atomic E-state index is 0.197. The molecule has 1 N–H and O–H groups in total. The fourth-order valence-corrected chi connectivity index (χ4v) is 6.00. The number of anilines is 1. The van der Waals surface area contributed by atoms with E-state index in [1.807, 2.05) is 0 Å². The molecule has 5 rings (SSSR count). The Kier molecular flexibility index (Phi) is 3.14. The molecule has 1 aliphatic carbocycles. The van der Waals surface area contributed by atoms with Gasteiger partial charge in [-0.15, -0.1) is 0 Å². The zero-order valence-electron chi connectivity index (χ0n) is 14.5. The molecule has 4 heteroatoms. The molecule has 1 spiro atoms. The summed E-state index contributed by atoms with van der Waals surface area (Å²) >= 11 is 0. The van der Waals surface area contributed by atoms with Crippen LogP contribution in [0.2, 0.25) is 0 Å². The molecule has 6 atom stereocenters. The predicted molar refractivity (Wildman–Crippen MR) is 93.2 cm³/mol. The third-order valence-electron chi connectivity index (χ3n) is 7.26. The third kappa shape index (κ3) is 1.79. The second-order valence-electron chi connectivity index (χ2n) is 8.31. The fraction of sp³-hybridized carbons (Fsp3) is 0.650. The Labute approximate surface area is 143 Å². The summed E-state index contributed by atoms with van der Waals surface area (Å²) in [6, 6.07) is 8.65. The maximum Gasteiger partial charge on any atom is 0.145 e. The van der Waals surface area contributed by atoms with Gasteiger partial charge in [-0.3, -0.25) is 4.79 Å². The number of rotatable bonds is 0. The summed E-state index contributed by atoms with van der Waals surface area (Å²) in [6.07, 6.45) is 1.89. The van der Waals surface area contributed by atoms with Gasteiger partial charge in [-0.25, -0.2) is 0 Å². The molecular weight excluding hydrogens is 300 g/mol. The maximum atomic E-state index is 13.5. The highest BCUT2D eigenvalue weighted by molar-refractivity contribution is 5.96. The van der Waals surface area contributed by atoms with E-state index in [1.165, 1.54) is 5.56 Å². The number of carbonyl (C=O) groups is 1. The Balaban J connectivity index is 1.69. The smallest absolute Gasteiger partial charge is 0.145 e. The van der Waals surface area contributed by atoms with Crippen LogP contribution in [0.25, 0.3) is 0 Å². The molecular formula is C20H26N2O2. The van der Waals surface area contributed by atoms with E-state index in [0.29, 0.717) is 23.5 Å². The zero-order valence-corrected chi connectivity index (χ0v) is 14.5. The average molecular weight is 326 g/mol. The Hall–Kier alpha value is -1.39. The first-order chi connectivity index (χ1) is 11.6. The van der Waals surface area contributed by atoms with Crippen LogP contribution in [0.3, 0.4) is 0 Å². The van der Waals surface area contributed by atoms with Gasteiger partial charge in [-0.2, -0.15) is 0 Å². The summed E-state index contributed by atoms with van der Waals surface area (Å²) in [4.78, 5) is 15.9. The highest BCUT2D eigenvalue weighted by atomic mass is 16.5.